The summed E-state index contributed by atoms with van der Waals surface area (Å²) in [6.45, 7) is 2.01. The van der Waals surface area contributed by atoms with Gasteiger partial charge in [-0.1, -0.05) is 12.1 Å². The number of rotatable bonds is 5. The topological polar surface area (TPSA) is 87.1 Å². The standard InChI is InChI=1S/C18H15BrN4O2/c1-11-5-6-15(14(19)9-11)22-18-20-8-7-16(23-18)21-13-4-2-3-12(10-13)17(24)25/h2-10H,1H3,(H,24,25)(H2,20,21,22,23). The summed E-state index contributed by atoms with van der Waals surface area (Å²) in [7, 11) is 0. The molecule has 1 heterocycles. The number of nitrogens with one attached hydrogen (secondary N) is 2. The lowest BCUT2D eigenvalue weighted by Crippen LogP contribution is -2.02. The Bertz CT molecular complexity index is 930. The maximum absolute atomic E-state index is 11.1. The van der Waals surface area contributed by atoms with Crippen LogP contribution in [-0.4, -0.2) is 21.0 Å². The highest BCUT2D eigenvalue weighted by Crippen LogP contribution is 2.26. The number of aromatic carboxylic acids is 1. The molecule has 0 radical (unpaired) electrons. The van der Waals surface area contributed by atoms with E-state index in [1.54, 1.807) is 30.5 Å². The predicted molar refractivity (Wildman–Crippen MR) is 101 cm³/mol. The van der Waals surface area contributed by atoms with Gasteiger partial charge in [0.15, 0.2) is 0 Å². The summed E-state index contributed by atoms with van der Waals surface area (Å²) >= 11 is 3.51. The second kappa shape index (κ2) is 7.31. The van der Waals surface area contributed by atoms with E-state index in [1.165, 1.54) is 6.07 Å². The lowest BCUT2D eigenvalue weighted by atomic mass is 10.2. The first-order valence-corrected chi connectivity index (χ1v) is 8.27. The fourth-order valence-electron chi connectivity index (χ4n) is 2.21. The summed E-state index contributed by atoms with van der Waals surface area (Å²) in [6.07, 6.45) is 1.63. The van der Waals surface area contributed by atoms with E-state index in [0.29, 0.717) is 17.5 Å². The van der Waals surface area contributed by atoms with Crippen LogP contribution in [0.3, 0.4) is 0 Å². The van der Waals surface area contributed by atoms with Crippen LogP contribution >= 0.6 is 15.9 Å². The van der Waals surface area contributed by atoms with E-state index in [-0.39, 0.29) is 5.56 Å². The van der Waals surface area contributed by atoms with Crippen molar-refractivity contribution in [3.05, 3.63) is 70.3 Å². The van der Waals surface area contributed by atoms with Crippen LogP contribution in [0.15, 0.2) is 59.2 Å². The maximum Gasteiger partial charge on any atom is 0.335 e. The number of hydrogen-bond acceptors (Lipinski definition) is 5. The first-order chi connectivity index (χ1) is 12.0. The second-order valence-corrected chi connectivity index (χ2v) is 6.24. The van der Waals surface area contributed by atoms with Gasteiger partial charge in [0.2, 0.25) is 5.95 Å². The molecule has 126 valence electrons. The minimum absolute atomic E-state index is 0.209. The number of hydrogen-bond donors (Lipinski definition) is 3. The summed E-state index contributed by atoms with van der Waals surface area (Å²) in [5.74, 6) is 0.0186. The minimum Gasteiger partial charge on any atom is -0.478 e. The van der Waals surface area contributed by atoms with Gasteiger partial charge in [-0.3, -0.25) is 0 Å². The van der Waals surface area contributed by atoms with E-state index in [2.05, 4.69) is 36.5 Å². The Morgan fingerprint density at radius 1 is 1.12 bits per heavy atom. The molecule has 0 aliphatic rings. The highest BCUT2D eigenvalue weighted by molar-refractivity contribution is 9.10. The van der Waals surface area contributed by atoms with E-state index in [9.17, 15) is 4.79 Å². The molecule has 6 nitrogen and oxygen atoms in total. The first-order valence-electron chi connectivity index (χ1n) is 7.48. The van der Waals surface area contributed by atoms with E-state index in [1.807, 2.05) is 25.1 Å². The van der Waals surface area contributed by atoms with Crippen molar-refractivity contribution in [2.24, 2.45) is 0 Å². The molecule has 0 spiro atoms. The monoisotopic (exact) mass is 398 g/mol. The van der Waals surface area contributed by atoms with Gasteiger partial charge < -0.3 is 15.7 Å². The first kappa shape index (κ1) is 16.9. The summed E-state index contributed by atoms with van der Waals surface area (Å²) < 4.78 is 0.920. The number of carboxylic acids is 1. The molecule has 7 heteroatoms. The lowest BCUT2D eigenvalue weighted by molar-refractivity contribution is 0.0697. The Morgan fingerprint density at radius 3 is 2.72 bits per heavy atom. The fraction of sp³-hybridized carbons (Fsp3) is 0.0556. The van der Waals surface area contributed by atoms with E-state index >= 15 is 0 Å². The molecule has 2 aromatic carbocycles. The van der Waals surface area contributed by atoms with Gasteiger partial charge in [-0.25, -0.2) is 9.78 Å². The Morgan fingerprint density at radius 2 is 1.96 bits per heavy atom. The van der Waals surface area contributed by atoms with Crippen molar-refractivity contribution in [1.82, 2.24) is 9.97 Å². The molecule has 0 bridgehead atoms. The third-order valence-corrected chi connectivity index (χ3v) is 4.06. The number of anilines is 4. The Labute approximate surface area is 153 Å². The lowest BCUT2D eigenvalue weighted by Gasteiger charge is -2.10. The molecule has 3 N–H and O–H groups in total. The second-order valence-electron chi connectivity index (χ2n) is 5.38. The molecule has 1 aromatic heterocycles. The molecule has 3 aromatic rings. The third kappa shape index (κ3) is 4.33. The molecular formula is C18H15BrN4O2. The molecule has 0 atom stereocenters. The highest BCUT2D eigenvalue weighted by Gasteiger charge is 2.06. The van der Waals surface area contributed by atoms with Gasteiger partial charge in [-0.2, -0.15) is 4.98 Å². The zero-order chi connectivity index (χ0) is 17.8. The van der Waals surface area contributed by atoms with E-state index in [0.717, 1.165) is 15.7 Å². The van der Waals surface area contributed by atoms with Crippen molar-refractivity contribution in [1.29, 1.82) is 0 Å². The largest absolute Gasteiger partial charge is 0.478 e. The quantitative estimate of drug-likeness (QED) is 0.575. The third-order valence-electron chi connectivity index (χ3n) is 3.41. The van der Waals surface area contributed by atoms with Gasteiger partial charge >= 0.3 is 5.97 Å². The van der Waals surface area contributed by atoms with Crippen molar-refractivity contribution >= 4 is 45.0 Å². The average molecular weight is 399 g/mol. The number of aryl methyl sites for hydroxylation is 1. The average Bonchev–Trinajstić information content (AvgIpc) is 2.58. The van der Waals surface area contributed by atoms with Gasteiger partial charge in [0.1, 0.15) is 5.82 Å². The predicted octanol–water partition coefficient (Wildman–Crippen LogP) is 4.73. The zero-order valence-corrected chi connectivity index (χ0v) is 14.9. The van der Waals surface area contributed by atoms with Crippen LogP contribution in [0.25, 0.3) is 0 Å². The molecule has 25 heavy (non-hydrogen) atoms. The van der Waals surface area contributed by atoms with Gasteiger partial charge in [0, 0.05) is 16.4 Å². The van der Waals surface area contributed by atoms with Crippen molar-refractivity contribution in [2.75, 3.05) is 10.6 Å². The van der Waals surface area contributed by atoms with Crippen molar-refractivity contribution in [2.45, 2.75) is 6.92 Å². The number of nitrogens with zero attached hydrogens (tertiary/aromatic N) is 2. The maximum atomic E-state index is 11.1. The summed E-state index contributed by atoms with van der Waals surface area (Å²) in [5, 5.41) is 15.3. The van der Waals surface area contributed by atoms with Gasteiger partial charge in [-0.05, 0) is 64.8 Å². The molecule has 0 amide bonds. The number of carbonyl (C=O) groups is 1. The van der Waals surface area contributed by atoms with Gasteiger partial charge in [0.05, 0.1) is 11.3 Å². The summed E-state index contributed by atoms with van der Waals surface area (Å²) in [4.78, 5) is 19.7. The van der Waals surface area contributed by atoms with E-state index in [4.69, 9.17) is 5.11 Å². The molecule has 0 aliphatic carbocycles. The SMILES string of the molecule is Cc1ccc(Nc2nccc(Nc3cccc(C(=O)O)c3)n2)c(Br)c1. The molecular weight excluding hydrogens is 384 g/mol. The van der Waals surface area contributed by atoms with Gasteiger partial charge in [-0.15, -0.1) is 0 Å². The van der Waals surface area contributed by atoms with Crippen molar-refractivity contribution in [3.63, 3.8) is 0 Å². The summed E-state index contributed by atoms with van der Waals surface area (Å²) in [6, 6.07) is 14.2. The van der Waals surface area contributed by atoms with Gasteiger partial charge in [0.25, 0.3) is 0 Å². The van der Waals surface area contributed by atoms with Crippen LogP contribution in [0.1, 0.15) is 15.9 Å². The molecule has 0 aliphatic heterocycles. The highest BCUT2D eigenvalue weighted by atomic mass is 79.9. The number of carboxylic acid groups (broad SMARTS) is 1. The van der Waals surface area contributed by atoms with Crippen LogP contribution in [0.5, 0.6) is 0 Å². The van der Waals surface area contributed by atoms with E-state index < -0.39 is 5.97 Å². The fourth-order valence-corrected chi connectivity index (χ4v) is 2.80. The Hall–Kier alpha value is -2.93. The van der Waals surface area contributed by atoms with Crippen LogP contribution in [0.4, 0.5) is 23.1 Å². The van der Waals surface area contributed by atoms with Crippen LogP contribution in [0.2, 0.25) is 0 Å². The Balaban J connectivity index is 1.79. The van der Waals surface area contributed by atoms with Crippen LogP contribution in [-0.2, 0) is 0 Å². The molecule has 0 fully saturated rings. The minimum atomic E-state index is -0.974. The normalized spacial score (nSPS) is 10.3. The zero-order valence-electron chi connectivity index (χ0n) is 13.3. The molecule has 0 unspecified atom stereocenters. The molecule has 0 saturated carbocycles. The molecule has 0 saturated heterocycles. The summed E-state index contributed by atoms with van der Waals surface area (Å²) in [5.41, 5.74) is 2.85. The van der Waals surface area contributed by atoms with Crippen molar-refractivity contribution < 1.29 is 9.90 Å². The number of benzene rings is 2. The van der Waals surface area contributed by atoms with Crippen LogP contribution < -0.4 is 10.6 Å². The number of aromatic nitrogens is 2. The smallest absolute Gasteiger partial charge is 0.335 e. The van der Waals surface area contributed by atoms with Crippen LogP contribution in [0, 0.1) is 6.92 Å². The number of halogens is 1. The Kier molecular flexibility index (Phi) is 4.95. The molecule has 3 rings (SSSR count). The van der Waals surface area contributed by atoms with Crippen molar-refractivity contribution in [3.8, 4) is 0 Å².